The van der Waals surface area contributed by atoms with Gasteiger partial charge in [0.1, 0.15) is 23.0 Å². The number of Topliss-reactive ketones (excluding diaryl/α,β-unsaturated/α-hetero) is 1. The van der Waals surface area contributed by atoms with Gasteiger partial charge in [-0.25, -0.2) is 0 Å². The molecule has 0 bridgehead atoms. The number of rotatable bonds is 8. The fourth-order valence-electron chi connectivity index (χ4n) is 4.35. The Labute approximate surface area is 220 Å². The smallest absolute Gasteiger partial charge is 0.300 e. The Bertz CT molecular complexity index is 1340. The number of ether oxygens (including phenoxy) is 3. The SMILES string of the molecule is CCOc1cc(/C(O)=C2\C(=O)C(=O)N(c3cc(OC)cc(OC)c3)C2c2ccc(CC)cc2)ccc1Cl. The van der Waals surface area contributed by atoms with Gasteiger partial charge in [-0.2, -0.15) is 0 Å². The second-order valence-corrected chi connectivity index (χ2v) is 8.82. The van der Waals surface area contributed by atoms with Crippen LogP contribution in [0.25, 0.3) is 5.76 Å². The van der Waals surface area contributed by atoms with E-state index in [-0.39, 0.29) is 11.3 Å². The van der Waals surface area contributed by atoms with Crippen LogP contribution in [0.1, 0.15) is 36.6 Å². The zero-order valence-corrected chi connectivity index (χ0v) is 21.8. The summed E-state index contributed by atoms with van der Waals surface area (Å²) in [5.41, 5.74) is 2.43. The minimum atomic E-state index is -0.895. The fraction of sp³-hybridized carbons (Fsp3) is 0.241. The lowest BCUT2D eigenvalue weighted by molar-refractivity contribution is -0.132. The van der Waals surface area contributed by atoms with Crippen molar-refractivity contribution in [1.82, 2.24) is 0 Å². The maximum atomic E-state index is 13.5. The van der Waals surface area contributed by atoms with Crippen molar-refractivity contribution in [2.45, 2.75) is 26.3 Å². The molecule has 3 aromatic rings. The number of carbonyl (C=O) groups excluding carboxylic acids is 2. The molecule has 3 aromatic carbocycles. The van der Waals surface area contributed by atoms with Crippen molar-refractivity contribution in [3.63, 3.8) is 0 Å². The maximum Gasteiger partial charge on any atom is 0.300 e. The van der Waals surface area contributed by atoms with Gasteiger partial charge in [-0.1, -0.05) is 42.8 Å². The second kappa shape index (κ2) is 11.0. The van der Waals surface area contributed by atoms with Crippen LogP contribution >= 0.6 is 11.6 Å². The van der Waals surface area contributed by atoms with Gasteiger partial charge in [-0.05, 0) is 42.7 Å². The lowest BCUT2D eigenvalue weighted by Gasteiger charge is -2.26. The highest BCUT2D eigenvalue weighted by molar-refractivity contribution is 6.51. The van der Waals surface area contributed by atoms with E-state index in [1.807, 2.05) is 38.1 Å². The molecule has 4 rings (SSSR count). The molecule has 1 unspecified atom stereocenters. The molecular formula is C29H28ClNO6. The third-order valence-electron chi connectivity index (χ3n) is 6.27. The summed E-state index contributed by atoms with van der Waals surface area (Å²) in [4.78, 5) is 28.3. The number of anilines is 1. The first kappa shape index (κ1) is 26.1. The lowest BCUT2D eigenvalue weighted by Crippen LogP contribution is -2.29. The Hall–Kier alpha value is -3.97. The van der Waals surface area contributed by atoms with E-state index in [0.29, 0.717) is 45.7 Å². The van der Waals surface area contributed by atoms with Crippen LogP contribution < -0.4 is 19.1 Å². The Morgan fingerprint density at radius 2 is 1.59 bits per heavy atom. The van der Waals surface area contributed by atoms with E-state index >= 15 is 0 Å². The van der Waals surface area contributed by atoms with Crippen LogP contribution in [0.2, 0.25) is 5.02 Å². The Morgan fingerprint density at radius 1 is 0.946 bits per heavy atom. The van der Waals surface area contributed by atoms with Crippen molar-refractivity contribution >= 4 is 34.7 Å². The topological polar surface area (TPSA) is 85.3 Å². The molecule has 0 saturated carbocycles. The highest BCUT2D eigenvalue weighted by atomic mass is 35.5. The number of hydrogen-bond donors (Lipinski definition) is 1. The van der Waals surface area contributed by atoms with Crippen LogP contribution in [0.15, 0.2) is 66.2 Å². The molecule has 1 fully saturated rings. The number of hydrogen-bond acceptors (Lipinski definition) is 6. The first-order chi connectivity index (χ1) is 17.8. The number of aliphatic hydroxyl groups excluding tert-OH is 1. The number of halogens is 1. The van der Waals surface area contributed by atoms with Crippen LogP contribution in [-0.4, -0.2) is 37.6 Å². The summed E-state index contributed by atoms with van der Waals surface area (Å²) >= 11 is 6.23. The number of nitrogens with zero attached hydrogens (tertiary/aromatic N) is 1. The van der Waals surface area contributed by atoms with Crippen LogP contribution in [0.4, 0.5) is 5.69 Å². The number of benzene rings is 3. The van der Waals surface area contributed by atoms with E-state index in [9.17, 15) is 14.7 Å². The van der Waals surface area contributed by atoms with Crippen molar-refractivity contribution in [2.75, 3.05) is 25.7 Å². The molecule has 1 saturated heterocycles. The summed E-state index contributed by atoms with van der Waals surface area (Å²) in [6, 6.07) is 16.4. The summed E-state index contributed by atoms with van der Waals surface area (Å²) < 4.78 is 16.3. The number of aryl methyl sites for hydroxylation is 1. The Balaban J connectivity index is 1.95. The van der Waals surface area contributed by atoms with Crippen LogP contribution in [0.3, 0.4) is 0 Å². The molecule has 7 nitrogen and oxygen atoms in total. The summed E-state index contributed by atoms with van der Waals surface area (Å²) in [7, 11) is 3.01. The van der Waals surface area contributed by atoms with Crippen molar-refractivity contribution in [2.24, 2.45) is 0 Å². The molecule has 1 N–H and O–H groups in total. The van der Waals surface area contributed by atoms with E-state index in [1.54, 1.807) is 36.4 Å². The van der Waals surface area contributed by atoms with Crippen LogP contribution in [-0.2, 0) is 16.0 Å². The second-order valence-electron chi connectivity index (χ2n) is 8.41. The monoisotopic (exact) mass is 521 g/mol. The molecule has 1 heterocycles. The summed E-state index contributed by atoms with van der Waals surface area (Å²) in [6.07, 6.45) is 0.832. The van der Waals surface area contributed by atoms with Crippen molar-refractivity contribution in [3.8, 4) is 17.2 Å². The van der Waals surface area contributed by atoms with Gasteiger partial charge in [-0.15, -0.1) is 0 Å². The van der Waals surface area contributed by atoms with Crippen LogP contribution in [0.5, 0.6) is 17.2 Å². The lowest BCUT2D eigenvalue weighted by atomic mass is 9.94. The molecule has 1 aliphatic rings. The zero-order chi connectivity index (χ0) is 26.7. The zero-order valence-electron chi connectivity index (χ0n) is 21.1. The minimum Gasteiger partial charge on any atom is -0.507 e. The first-order valence-corrected chi connectivity index (χ1v) is 12.3. The van der Waals surface area contributed by atoms with Crippen LogP contribution in [0, 0.1) is 0 Å². The molecule has 0 spiro atoms. The average molecular weight is 522 g/mol. The van der Waals surface area contributed by atoms with Gasteiger partial charge in [0.2, 0.25) is 0 Å². The fourth-order valence-corrected chi connectivity index (χ4v) is 4.53. The molecule has 8 heteroatoms. The quantitative estimate of drug-likeness (QED) is 0.224. The predicted molar refractivity (Wildman–Crippen MR) is 143 cm³/mol. The summed E-state index contributed by atoms with van der Waals surface area (Å²) in [5, 5.41) is 11.8. The summed E-state index contributed by atoms with van der Waals surface area (Å²) in [5.74, 6) is -0.635. The van der Waals surface area contributed by atoms with E-state index in [2.05, 4.69) is 0 Å². The highest BCUT2D eigenvalue weighted by Gasteiger charge is 2.47. The molecule has 1 aliphatic heterocycles. The molecule has 0 radical (unpaired) electrons. The maximum absolute atomic E-state index is 13.5. The van der Waals surface area contributed by atoms with Crippen molar-refractivity contribution in [3.05, 3.63) is 87.9 Å². The number of aliphatic hydroxyl groups is 1. The van der Waals surface area contributed by atoms with E-state index in [1.165, 1.54) is 19.1 Å². The van der Waals surface area contributed by atoms with Gasteiger partial charge < -0.3 is 19.3 Å². The first-order valence-electron chi connectivity index (χ1n) is 11.9. The minimum absolute atomic E-state index is 0.0409. The van der Waals surface area contributed by atoms with Gasteiger partial charge in [0.25, 0.3) is 11.7 Å². The number of methoxy groups -OCH3 is 2. The van der Waals surface area contributed by atoms with E-state index in [0.717, 1.165) is 12.0 Å². The Kier molecular flexibility index (Phi) is 7.74. The highest BCUT2D eigenvalue weighted by Crippen LogP contribution is 2.44. The molecule has 0 aliphatic carbocycles. The third kappa shape index (κ3) is 5.00. The molecule has 0 aromatic heterocycles. The number of carbonyl (C=O) groups is 2. The molecule has 192 valence electrons. The van der Waals surface area contributed by atoms with Gasteiger partial charge in [0.15, 0.2) is 0 Å². The standard InChI is InChI=1S/C29H28ClNO6/c1-5-17-7-9-18(10-8-17)26-25(27(32)19-11-12-23(30)24(13-19)37-6-2)28(33)29(34)31(26)20-14-21(35-3)16-22(15-20)36-4/h7-16,26,32H,5-6H2,1-4H3/b27-25+. The summed E-state index contributed by atoms with van der Waals surface area (Å²) in [6.45, 7) is 4.23. The molecule has 1 amide bonds. The van der Waals surface area contributed by atoms with Gasteiger partial charge in [0.05, 0.1) is 43.2 Å². The normalized spacial score (nSPS) is 16.7. The average Bonchev–Trinajstić information content (AvgIpc) is 3.19. The largest absolute Gasteiger partial charge is 0.507 e. The predicted octanol–water partition coefficient (Wildman–Crippen LogP) is 5.94. The van der Waals surface area contributed by atoms with Crippen molar-refractivity contribution in [1.29, 1.82) is 0 Å². The van der Waals surface area contributed by atoms with Crippen molar-refractivity contribution < 1.29 is 28.9 Å². The number of ketones is 1. The molecule has 37 heavy (non-hydrogen) atoms. The molecule has 1 atom stereocenters. The van der Waals surface area contributed by atoms with E-state index in [4.69, 9.17) is 25.8 Å². The van der Waals surface area contributed by atoms with Gasteiger partial charge in [0, 0.05) is 23.8 Å². The number of amides is 1. The third-order valence-corrected chi connectivity index (χ3v) is 6.58. The van der Waals surface area contributed by atoms with Gasteiger partial charge >= 0.3 is 0 Å². The van der Waals surface area contributed by atoms with Gasteiger partial charge in [-0.3, -0.25) is 14.5 Å². The Morgan fingerprint density at radius 3 is 2.16 bits per heavy atom. The molecular weight excluding hydrogens is 494 g/mol. The van der Waals surface area contributed by atoms with E-state index < -0.39 is 17.7 Å².